The highest BCUT2D eigenvalue weighted by atomic mass is 35.5. The summed E-state index contributed by atoms with van der Waals surface area (Å²) < 4.78 is 0. The molecule has 21 heavy (non-hydrogen) atoms. The van der Waals surface area contributed by atoms with Crippen molar-refractivity contribution in [2.45, 2.75) is 13.0 Å². The summed E-state index contributed by atoms with van der Waals surface area (Å²) in [5.74, 6) is 0. The summed E-state index contributed by atoms with van der Waals surface area (Å²) in [4.78, 5) is 4.44. The van der Waals surface area contributed by atoms with Gasteiger partial charge in [0.25, 0.3) is 0 Å². The molecule has 0 bridgehead atoms. The number of pyridine rings is 1. The van der Waals surface area contributed by atoms with Gasteiger partial charge in [-0.3, -0.25) is 4.98 Å². The first-order chi connectivity index (χ1) is 10.3. The standard InChI is InChI=1S/C18H17ClN2/c1-2-20-18(13-7-9-14(19)10-8-13)16-11-12-21-17-6-4-3-5-15(16)17/h3-12,18,20H,2H2,1H3. The molecule has 0 saturated carbocycles. The van der Waals surface area contributed by atoms with Crippen molar-refractivity contribution in [3.63, 3.8) is 0 Å². The molecule has 0 amide bonds. The first-order valence-electron chi connectivity index (χ1n) is 7.12. The lowest BCUT2D eigenvalue weighted by Crippen LogP contribution is -2.22. The minimum Gasteiger partial charge on any atom is -0.307 e. The van der Waals surface area contributed by atoms with Gasteiger partial charge in [-0.1, -0.05) is 48.9 Å². The van der Waals surface area contributed by atoms with Gasteiger partial charge in [0.15, 0.2) is 0 Å². The smallest absolute Gasteiger partial charge is 0.0705 e. The number of benzene rings is 2. The number of nitrogens with zero attached hydrogens (tertiary/aromatic N) is 1. The molecule has 3 aromatic rings. The van der Waals surface area contributed by atoms with E-state index in [1.165, 1.54) is 16.5 Å². The van der Waals surface area contributed by atoms with Crippen LogP contribution in [0.1, 0.15) is 24.1 Å². The summed E-state index contributed by atoms with van der Waals surface area (Å²) >= 11 is 6.00. The summed E-state index contributed by atoms with van der Waals surface area (Å²) in [5.41, 5.74) is 3.47. The number of aromatic nitrogens is 1. The molecule has 1 unspecified atom stereocenters. The predicted octanol–water partition coefficient (Wildman–Crippen LogP) is 4.59. The summed E-state index contributed by atoms with van der Waals surface area (Å²) in [7, 11) is 0. The zero-order chi connectivity index (χ0) is 14.7. The third-order valence-corrected chi connectivity index (χ3v) is 3.86. The van der Waals surface area contributed by atoms with E-state index in [0.29, 0.717) is 0 Å². The number of para-hydroxylation sites is 1. The quantitative estimate of drug-likeness (QED) is 0.762. The number of hydrogen-bond donors (Lipinski definition) is 1. The van der Waals surface area contributed by atoms with Gasteiger partial charge in [0.1, 0.15) is 0 Å². The second-order valence-electron chi connectivity index (χ2n) is 4.96. The minimum atomic E-state index is 0.139. The Kier molecular flexibility index (Phi) is 4.18. The third-order valence-electron chi connectivity index (χ3n) is 3.61. The molecule has 0 aliphatic heterocycles. The maximum atomic E-state index is 6.00. The maximum Gasteiger partial charge on any atom is 0.0705 e. The summed E-state index contributed by atoms with van der Waals surface area (Å²) in [5, 5.41) is 5.50. The Labute approximate surface area is 129 Å². The summed E-state index contributed by atoms with van der Waals surface area (Å²) in [6.45, 7) is 3.01. The van der Waals surface area contributed by atoms with Crippen LogP contribution in [0.15, 0.2) is 60.8 Å². The summed E-state index contributed by atoms with van der Waals surface area (Å²) in [6.07, 6.45) is 1.87. The van der Waals surface area contributed by atoms with Gasteiger partial charge < -0.3 is 5.32 Å². The number of nitrogens with one attached hydrogen (secondary N) is 1. The third kappa shape index (κ3) is 2.92. The molecule has 0 aliphatic rings. The molecule has 2 nitrogen and oxygen atoms in total. The second-order valence-corrected chi connectivity index (χ2v) is 5.40. The molecule has 0 spiro atoms. The van der Waals surface area contributed by atoms with E-state index in [2.05, 4.69) is 47.6 Å². The van der Waals surface area contributed by atoms with E-state index in [0.717, 1.165) is 17.1 Å². The highest BCUT2D eigenvalue weighted by Crippen LogP contribution is 2.28. The molecule has 0 aliphatic carbocycles. The number of hydrogen-bond acceptors (Lipinski definition) is 2. The van der Waals surface area contributed by atoms with E-state index < -0.39 is 0 Å². The SMILES string of the molecule is CCNC(c1ccc(Cl)cc1)c1ccnc2ccccc12. The molecule has 0 radical (unpaired) electrons. The first kappa shape index (κ1) is 14.1. The van der Waals surface area contributed by atoms with Crippen LogP contribution in [0.4, 0.5) is 0 Å². The van der Waals surface area contributed by atoms with Gasteiger partial charge in [0.2, 0.25) is 0 Å². The number of halogens is 1. The zero-order valence-electron chi connectivity index (χ0n) is 11.9. The van der Waals surface area contributed by atoms with E-state index in [1.807, 2.05) is 30.5 Å². The second kappa shape index (κ2) is 6.25. The van der Waals surface area contributed by atoms with Crippen LogP contribution >= 0.6 is 11.6 Å². The van der Waals surface area contributed by atoms with E-state index >= 15 is 0 Å². The van der Waals surface area contributed by atoms with Crippen molar-refractivity contribution < 1.29 is 0 Å². The molecular weight excluding hydrogens is 280 g/mol. The van der Waals surface area contributed by atoms with Crippen LogP contribution < -0.4 is 5.32 Å². The Hall–Kier alpha value is -1.90. The van der Waals surface area contributed by atoms with Gasteiger partial charge in [-0.2, -0.15) is 0 Å². The number of fused-ring (bicyclic) bond motifs is 1. The van der Waals surface area contributed by atoms with Gasteiger partial charge in [0, 0.05) is 16.6 Å². The van der Waals surface area contributed by atoms with Crippen LogP contribution in [0.25, 0.3) is 10.9 Å². The van der Waals surface area contributed by atoms with Crippen LogP contribution in [-0.4, -0.2) is 11.5 Å². The van der Waals surface area contributed by atoms with E-state index in [-0.39, 0.29) is 6.04 Å². The Morgan fingerprint density at radius 3 is 2.57 bits per heavy atom. The predicted molar refractivity (Wildman–Crippen MR) is 88.7 cm³/mol. The molecule has 106 valence electrons. The molecule has 1 atom stereocenters. The lowest BCUT2D eigenvalue weighted by molar-refractivity contribution is 0.634. The van der Waals surface area contributed by atoms with Crippen molar-refractivity contribution >= 4 is 22.5 Å². The molecule has 3 rings (SSSR count). The topological polar surface area (TPSA) is 24.9 Å². The fourth-order valence-corrected chi connectivity index (χ4v) is 2.76. The Bertz CT molecular complexity index is 732. The van der Waals surface area contributed by atoms with Crippen LogP contribution in [0.3, 0.4) is 0 Å². The fourth-order valence-electron chi connectivity index (χ4n) is 2.64. The van der Waals surface area contributed by atoms with Crippen molar-refractivity contribution in [2.75, 3.05) is 6.54 Å². The van der Waals surface area contributed by atoms with Crippen LogP contribution in [0.2, 0.25) is 5.02 Å². The van der Waals surface area contributed by atoms with Gasteiger partial charge >= 0.3 is 0 Å². The van der Waals surface area contributed by atoms with E-state index in [9.17, 15) is 0 Å². The maximum absolute atomic E-state index is 6.00. The minimum absolute atomic E-state index is 0.139. The molecule has 0 fully saturated rings. The lowest BCUT2D eigenvalue weighted by Gasteiger charge is -2.20. The molecule has 2 aromatic carbocycles. The molecular formula is C18H17ClN2. The molecule has 1 heterocycles. The van der Waals surface area contributed by atoms with Gasteiger partial charge in [-0.05, 0) is 41.9 Å². The number of rotatable bonds is 4. The highest BCUT2D eigenvalue weighted by molar-refractivity contribution is 6.30. The van der Waals surface area contributed by atoms with Gasteiger partial charge in [-0.15, -0.1) is 0 Å². The van der Waals surface area contributed by atoms with Crippen molar-refractivity contribution in [1.82, 2.24) is 10.3 Å². The molecule has 3 heteroatoms. The first-order valence-corrected chi connectivity index (χ1v) is 7.50. The Balaban J connectivity index is 2.13. The molecule has 1 N–H and O–H groups in total. The Morgan fingerprint density at radius 2 is 1.81 bits per heavy atom. The Morgan fingerprint density at radius 1 is 1.05 bits per heavy atom. The highest BCUT2D eigenvalue weighted by Gasteiger charge is 2.15. The van der Waals surface area contributed by atoms with Crippen LogP contribution in [0, 0.1) is 0 Å². The van der Waals surface area contributed by atoms with Crippen LogP contribution in [0.5, 0.6) is 0 Å². The van der Waals surface area contributed by atoms with E-state index in [4.69, 9.17) is 11.6 Å². The normalized spacial score (nSPS) is 12.5. The van der Waals surface area contributed by atoms with Gasteiger partial charge in [0.05, 0.1) is 11.6 Å². The van der Waals surface area contributed by atoms with Crippen LogP contribution in [-0.2, 0) is 0 Å². The fraction of sp³-hybridized carbons (Fsp3) is 0.167. The monoisotopic (exact) mass is 296 g/mol. The van der Waals surface area contributed by atoms with Crippen molar-refractivity contribution in [3.8, 4) is 0 Å². The largest absolute Gasteiger partial charge is 0.307 e. The van der Waals surface area contributed by atoms with Gasteiger partial charge in [-0.25, -0.2) is 0 Å². The van der Waals surface area contributed by atoms with Crippen molar-refractivity contribution in [2.24, 2.45) is 0 Å². The van der Waals surface area contributed by atoms with E-state index in [1.54, 1.807) is 0 Å². The summed E-state index contributed by atoms with van der Waals surface area (Å²) in [6, 6.07) is 18.5. The molecule has 0 saturated heterocycles. The average Bonchev–Trinajstić information content (AvgIpc) is 2.53. The van der Waals surface area contributed by atoms with Crippen molar-refractivity contribution in [3.05, 3.63) is 76.9 Å². The lowest BCUT2D eigenvalue weighted by atomic mass is 9.96. The van der Waals surface area contributed by atoms with Crippen molar-refractivity contribution in [1.29, 1.82) is 0 Å². The zero-order valence-corrected chi connectivity index (χ0v) is 12.6. The average molecular weight is 297 g/mol. The molecule has 1 aromatic heterocycles.